The molecule has 0 aliphatic rings. The number of pyridine rings is 1. The second kappa shape index (κ2) is 4.13. The van der Waals surface area contributed by atoms with Crippen molar-refractivity contribution in [3.63, 3.8) is 0 Å². The van der Waals surface area contributed by atoms with Gasteiger partial charge in [-0.05, 0) is 6.92 Å². The Labute approximate surface area is 90.0 Å². The minimum atomic E-state index is 0.847. The Kier molecular flexibility index (Phi) is 2.68. The lowest BCUT2D eigenvalue weighted by atomic mass is 10.2. The Balaban J connectivity index is 2.22. The molecular weight excluding hydrogens is 184 g/mol. The third-order valence-corrected chi connectivity index (χ3v) is 2.47. The second-order valence-corrected chi connectivity index (χ2v) is 3.74. The van der Waals surface area contributed by atoms with Gasteiger partial charge in [0.25, 0.3) is 0 Å². The molecule has 0 aliphatic carbocycles. The summed E-state index contributed by atoms with van der Waals surface area (Å²) in [5, 5.41) is 0. The highest BCUT2D eigenvalue weighted by Gasteiger charge is 2.04. The van der Waals surface area contributed by atoms with Crippen molar-refractivity contribution in [2.45, 2.75) is 13.5 Å². The van der Waals surface area contributed by atoms with Crippen LogP contribution in [0.1, 0.15) is 11.1 Å². The maximum atomic E-state index is 5.77. The number of nitrogens with zero attached hydrogens (tertiary/aromatic N) is 1. The molecule has 2 rings (SSSR count). The molecule has 0 saturated carbocycles. The summed E-state index contributed by atoms with van der Waals surface area (Å²) in [7, 11) is 0. The number of nitrogens with two attached hydrogens (primary N) is 1. The second-order valence-electron chi connectivity index (χ2n) is 3.74. The van der Waals surface area contributed by atoms with Gasteiger partial charge in [-0.15, -0.1) is 0 Å². The number of benzene rings is 1. The Morgan fingerprint density at radius 1 is 1.13 bits per heavy atom. The van der Waals surface area contributed by atoms with Crippen molar-refractivity contribution in [3.8, 4) is 0 Å². The summed E-state index contributed by atoms with van der Waals surface area (Å²) in [6, 6.07) is 12.3. The van der Waals surface area contributed by atoms with E-state index in [1.807, 2.05) is 25.3 Å². The van der Waals surface area contributed by atoms with Gasteiger partial charge in [0.2, 0.25) is 0 Å². The van der Waals surface area contributed by atoms with E-state index in [4.69, 9.17) is 5.73 Å². The zero-order valence-corrected chi connectivity index (χ0v) is 8.85. The smallest absolute Gasteiger partial charge is 0.174 e. The molecule has 0 bridgehead atoms. The Bertz CT molecular complexity index is 449. The highest BCUT2D eigenvalue weighted by molar-refractivity contribution is 5.41. The van der Waals surface area contributed by atoms with Crippen molar-refractivity contribution in [2.75, 3.05) is 5.73 Å². The Hall–Kier alpha value is -1.83. The van der Waals surface area contributed by atoms with Crippen LogP contribution in [-0.4, -0.2) is 0 Å². The van der Waals surface area contributed by atoms with Gasteiger partial charge in [-0.2, -0.15) is 0 Å². The average Bonchev–Trinajstić information content (AvgIpc) is 2.25. The van der Waals surface area contributed by atoms with Gasteiger partial charge in [-0.25, -0.2) is 4.57 Å². The molecule has 0 spiro atoms. The van der Waals surface area contributed by atoms with Crippen molar-refractivity contribution in [2.24, 2.45) is 0 Å². The molecule has 2 N–H and O–H groups in total. The van der Waals surface area contributed by atoms with Crippen LogP contribution in [-0.2, 0) is 6.54 Å². The summed E-state index contributed by atoms with van der Waals surface area (Å²) in [4.78, 5) is 0. The number of hydrogen-bond donors (Lipinski definition) is 1. The number of aryl methyl sites for hydroxylation is 1. The number of nitrogen functional groups attached to an aromatic ring is 1. The number of rotatable bonds is 2. The molecule has 0 radical (unpaired) electrons. The monoisotopic (exact) mass is 199 g/mol. The number of anilines is 1. The summed E-state index contributed by atoms with van der Waals surface area (Å²) >= 11 is 0. The first kappa shape index (κ1) is 9.71. The van der Waals surface area contributed by atoms with Crippen LogP contribution in [0.15, 0.2) is 48.8 Å². The van der Waals surface area contributed by atoms with Gasteiger partial charge in [0, 0.05) is 22.9 Å². The fourth-order valence-electron chi connectivity index (χ4n) is 1.57. The molecule has 15 heavy (non-hydrogen) atoms. The molecule has 2 aromatic rings. The highest BCUT2D eigenvalue weighted by atomic mass is 14.9. The van der Waals surface area contributed by atoms with E-state index in [0.717, 1.165) is 17.8 Å². The third-order valence-electron chi connectivity index (χ3n) is 2.47. The molecule has 2 heteroatoms. The maximum Gasteiger partial charge on any atom is 0.174 e. The van der Waals surface area contributed by atoms with Crippen LogP contribution in [0.2, 0.25) is 0 Å². The lowest BCUT2D eigenvalue weighted by molar-refractivity contribution is -0.688. The van der Waals surface area contributed by atoms with Crippen LogP contribution in [0.3, 0.4) is 0 Å². The fraction of sp³-hybridized carbons (Fsp3) is 0.154. The van der Waals surface area contributed by atoms with Gasteiger partial charge >= 0.3 is 0 Å². The Morgan fingerprint density at radius 2 is 1.87 bits per heavy atom. The van der Waals surface area contributed by atoms with E-state index in [0.29, 0.717) is 0 Å². The predicted octanol–water partition coefficient (Wildman–Crippen LogP) is 1.91. The molecule has 76 valence electrons. The first-order chi connectivity index (χ1) is 7.25. The highest BCUT2D eigenvalue weighted by Crippen LogP contribution is 2.05. The maximum absolute atomic E-state index is 5.77. The van der Waals surface area contributed by atoms with E-state index in [1.165, 1.54) is 5.56 Å². The van der Waals surface area contributed by atoms with Crippen molar-refractivity contribution < 1.29 is 4.57 Å². The molecule has 1 aromatic carbocycles. The summed E-state index contributed by atoms with van der Waals surface area (Å²) in [6.07, 6.45) is 4.08. The molecule has 0 saturated heterocycles. The summed E-state index contributed by atoms with van der Waals surface area (Å²) in [5.41, 5.74) is 9.03. The van der Waals surface area contributed by atoms with Gasteiger partial charge in [0.1, 0.15) is 0 Å². The molecule has 0 aliphatic heterocycles. The normalized spacial score (nSPS) is 10.2. The standard InChI is InChI=1S/C13H14N2/c1-11-9-15(8-7-13(11)14)10-12-5-3-2-4-6-12/h2-9,14H,10H2,1H3/p+1. The SMILES string of the molecule is Cc1c[n+](Cc2ccccc2)ccc1N. The van der Waals surface area contributed by atoms with Crippen LogP contribution in [0, 0.1) is 6.92 Å². The van der Waals surface area contributed by atoms with Gasteiger partial charge in [0.05, 0.1) is 0 Å². The molecule has 0 amide bonds. The topological polar surface area (TPSA) is 29.9 Å². The van der Waals surface area contributed by atoms with Crippen molar-refractivity contribution in [3.05, 3.63) is 59.9 Å². The van der Waals surface area contributed by atoms with Gasteiger partial charge < -0.3 is 5.73 Å². The van der Waals surface area contributed by atoms with E-state index in [2.05, 4.69) is 35.0 Å². The third kappa shape index (κ3) is 2.34. The fourth-order valence-corrected chi connectivity index (χ4v) is 1.57. The van der Waals surface area contributed by atoms with E-state index in [-0.39, 0.29) is 0 Å². The first-order valence-electron chi connectivity index (χ1n) is 5.05. The van der Waals surface area contributed by atoms with Crippen molar-refractivity contribution in [1.82, 2.24) is 0 Å². The van der Waals surface area contributed by atoms with E-state index in [9.17, 15) is 0 Å². The van der Waals surface area contributed by atoms with Gasteiger partial charge in [-0.3, -0.25) is 0 Å². The number of hydrogen-bond acceptors (Lipinski definition) is 1. The average molecular weight is 199 g/mol. The van der Waals surface area contributed by atoms with Crippen LogP contribution in [0.4, 0.5) is 5.69 Å². The van der Waals surface area contributed by atoms with Crippen LogP contribution in [0.5, 0.6) is 0 Å². The zero-order chi connectivity index (χ0) is 10.7. The number of aromatic nitrogens is 1. The molecule has 2 nitrogen and oxygen atoms in total. The summed E-state index contributed by atoms with van der Waals surface area (Å²) < 4.78 is 2.14. The molecule has 0 atom stereocenters. The lowest BCUT2D eigenvalue weighted by Crippen LogP contribution is -2.33. The molecule has 0 unspecified atom stereocenters. The molecule has 1 heterocycles. The van der Waals surface area contributed by atoms with Crippen LogP contribution < -0.4 is 10.3 Å². The van der Waals surface area contributed by atoms with E-state index >= 15 is 0 Å². The summed E-state index contributed by atoms with van der Waals surface area (Å²) in [6.45, 7) is 2.92. The molecule has 1 aromatic heterocycles. The quantitative estimate of drug-likeness (QED) is 0.736. The van der Waals surface area contributed by atoms with E-state index < -0.39 is 0 Å². The summed E-state index contributed by atoms with van der Waals surface area (Å²) in [5.74, 6) is 0. The van der Waals surface area contributed by atoms with E-state index in [1.54, 1.807) is 0 Å². The van der Waals surface area contributed by atoms with Gasteiger partial charge in [-0.1, -0.05) is 30.3 Å². The first-order valence-corrected chi connectivity index (χ1v) is 5.05. The van der Waals surface area contributed by atoms with Crippen LogP contribution >= 0.6 is 0 Å². The van der Waals surface area contributed by atoms with Crippen molar-refractivity contribution in [1.29, 1.82) is 0 Å². The minimum absolute atomic E-state index is 0.847. The lowest BCUT2D eigenvalue weighted by Gasteiger charge is -2.00. The zero-order valence-electron chi connectivity index (χ0n) is 8.85. The van der Waals surface area contributed by atoms with Crippen LogP contribution in [0.25, 0.3) is 0 Å². The Morgan fingerprint density at radius 3 is 2.53 bits per heavy atom. The molecular formula is C13H15N2+. The largest absolute Gasteiger partial charge is 0.398 e. The molecule has 0 fully saturated rings. The van der Waals surface area contributed by atoms with Crippen molar-refractivity contribution >= 4 is 5.69 Å². The van der Waals surface area contributed by atoms with Gasteiger partial charge in [0.15, 0.2) is 18.9 Å². The minimum Gasteiger partial charge on any atom is -0.398 e. The predicted molar refractivity (Wildman–Crippen MR) is 61.3 cm³/mol.